The maximum atomic E-state index is 14.3. The van der Waals surface area contributed by atoms with Crippen molar-refractivity contribution >= 4 is 17.8 Å². The molecular weight excluding hydrogens is 490 g/mol. The number of aliphatic hydroxyl groups is 1. The Morgan fingerprint density at radius 3 is 2.63 bits per heavy atom. The van der Waals surface area contributed by atoms with Crippen LogP contribution in [-0.4, -0.2) is 120 Å². The van der Waals surface area contributed by atoms with E-state index in [1.807, 2.05) is 6.92 Å². The van der Waals surface area contributed by atoms with Crippen molar-refractivity contribution in [2.45, 2.75) is 62.8 Å². The van der Waals surface area contributed by atoms with E-state index in [9.17, 15) is 19.5 Å². The molecule has 38 heavy (non-hydrogen) atoms. The minimum atomic E-state index is -1.14. The molecule has 2 amide bonds. The van der Waals surface area contributed by atoms with Gasteiger partial charge >= 0.3 is 5.97 Å². The van der Waals surface area contributed by atoms with Gasteiger partial charge in [0.05, 0.1) is 44.0 Å². The molecule has 6 atom stereocenters. The maximum Gasteiger partial charge on any atom is 0.312 e. The van der Waals surface area contributed by atoms with Crippen LogP contribution in [-0.2, 0) is 28.6 Å². The van der Waals surface area contributed by atoms with Crippen LogP contribution in [0.1, 0.15) is 39.5 Å². The zero-order valence-corrected chi connectivity index (χ0v) is 22.8. The van der Waals surface area contributed by atoms with E-state index in [1.54, 1.807) is 24.0 Å². The number of aliphatic hydroxyl groups excluding tert-OH is 1. The SMILES string of the molecule is C=CCCOC(=O)[C@H]1[C@H]2C(=O)N([C@H](C)CO)C(C(=O)N(CC=C)CCN3CCOCC3)C23CC[C@]1(CC)O3. The molecule has 4 aliphatic rings. The van der Waals surface area contributed by atoms with Crippen molar-refractivity contribution in [2.75, 3.05) is 59.2 Å². The molecule has 4 rings (SSSR count). The summed E-state index contributed by atoms with van der Waals surface area (Å²) >= 11 is 0. The van der Waals surface area contributed by atoms with E-state index in [1.165, 1.54) is 4.90 Å². The van der Waals surface area contributed by atoms with E-state index >= 15 is 0 Å². The van der Waals surface area contributed by atoms with Crippen molar-refractivity contribution in [3.8, 4) is 0 Å². The minimum absolute atomic E-state index is 0.181. The molecule has 4 fully saturated rings. The van der Waals surface area contributed by atoms with E-state index < -0.39 is 41.1 Å². The summed E-state index contributed by atoms with van der Waals surface area (Å²) in [5.41, 5.74) is -2.00. The minimum Gasteiger partial charge on any atom is -0.465 e. The Morgan fingerprint density at radius 2 is 2.00 bits per heavy atom. The third kappa shape index (κ3) is 4.80. The van der Waals surface area contributed by atoms with E-state index in [0.717, 1.165) is 13.1 Å². The Morgan fingerprint density at radius 1 is 1.26 bits per heavy atom. The van der Waals surface area contributed by atoms with Gasteiger partial charge in [-0.3, -0.25) is 19.3 Å². The third-order valence-corrected chi connectivity index (χ3v) is 8.86. The first-order chi connectivity index (χ1) is 18.3. The molecule has 10 nitrogen and oxygen atoms in total. The first-order valence-corrected chi connectivity index (χ1v) is 13.9. The zero-order chi connectivity index (χ0) is 27.5. The van der Waals surface area contributed by atoms with Crippen molar-refractivity contribution in [1.82, 2.24) is 14.7 Å². The number of amides is 2. The molecule has 2 bridgehead atoms. The predicted octanol–water partition coefficient (Wildman–Crippen LogP) is 0.988. The number of nitrogens with zero attached hydrogens (tertiary/aromatic N) is 3. The molecule has 0 aromatic rings. The number of ether oxygens (including phenoxy) is 3. The molecule has 4 saturated heterocycles. The van der Waals surface area contributed by atoms with Gasteiger partial charge in [0.15, 0.2) is 0 Å². The molecule has 2 unspecified atom stereocenters. The average Bonchev–Trinajstić information content (AvgIpc) is 3.54. The Balaban J connectivity index is 1.67. The Hall–Kier alpha value is -2.27. The lowest BCUT2D eigenvalue weighted by atomic mass is 9.65. The molecule has 4 heterocycles. The molecule has 0 radical (unpaired) electrons. The van der Waals surface area contributed by atoms with Crippen molar-refractivity contribution in [2.24, 2.45) is 11.8 Å². The maximum absolute atomic E-state index is 14.3. The Bertz CT molecular complexity index is 922. The van der Waals surface area contributed by atoms with Crippen LogP contribution in [0.4, 0.5) is 0 Å². The average molecular weight is 534 g/mol. The van der Waals surface area contributed by atoms with Gasteiger partial charge in [-0.2, -0.15) is 0 Å². The number of hydrogen-bond acceptors (Lipinski definition) is 8. The van der Waals surface area contributed by atoms with Crippen molar-refractivity contribution in [3.05, 3.63) is 25.3 Å². The van der Waals surface area contributed by atoms with Crippen LogP contribution in [0.25, 0.3) is 0 Å². The number of carbonyl (C=O) groups excluding carboxylic acids is 3. The second-order valence-corrected chi connectivity index (χ2v) is 10.9. The summed E-state index contributed by atoms with van der Waals surface area (Å²) in [5.74, 6) is -2.65. The fraction of sp³-hybridized carbons (Fsp3) is 0.750. The quantitative estimate of drug-likeness (QED) is 0.212. The lowest BCUT2D eigenvalue weighted by Gasteiger charge is -2.39. The number of carbonyl (C=O) groups is 3. The lowest BCUT2D eigenvalue weighted by molar-refractivity contribution is -0.163. The second-order valence-electron chi connectivity index (χ2n) is 10.9. The van der Waals surface area contributed by atoms with Gasteiger partial charge in [0.2, 0.25) is 11.8 Å². The predicted molar refractivity (Wildman–Crippen MR) is 140 cm³/mol. The fourth-order valence-corrected chi connectivity index (χ4v) is 6.90. The summed E-state index contributed by atoms with van der Waals surface area (Å²) in [5, 5.41) is 10.1. The molecule has 0 aromatic carbocycles. The number of fused-ring (bicyclic) bond motifs is 1. The van der Waals surface area contributed by atoms with E-state index in [4.69, 9.17) is 14.2 Å². The van der Waals surface area contributed by atoms with Gasteiger partial charge < -0.3 is 29.1 Å². The summed E-state index contributed by atoms with van der Waals surface area (Å²) < 4.78 is 17.8. The van der Waals surface area contributed by atoms with E-state index in [0.29, 0.717) is 58.5 Å². The third-order valence-electron chi connectivity index (χ3n) is 8.86. The highest BCUT2D eigenvalue weighted by Crippen LogP contribution is 2.64. The molecule has 0 saturated carbocycles. The number of hydrogen-bond donors (Lipinski definition) is 1. The summed E-state index contributed by atoms with van der Waals surface area (Å²) in [6, 6.07) is -1.55. The molecule has 0 aromatic heterocycles. The normalized spacial score (nSPS) is 33.2. The first-order valence-electron chi connectivity index (χ1n) is 13.9. The largest absolute Gasteiger partial charge is 0.465 e. The number of morpholine rings is 1. The van der Waals surface area contributed by atoms with E-state index in [-0.39, 0.29) is 25.0 Å². The highest BCUT2D eigenvalue weighted by Gasteiger charge is 2.79. The van der Waals surface area contributed by atoms with Crippen LogP contribution >= 0.6 is 0 Å². The molecular formula is C28H43N3O7. The van der Waals surface area contributed by atoms with Crippen molar-refractivity contribution in [3.63, 3.8) is 0 Å². The van der Waals surface area contributed by atoms with Crippen molar-refractivity contribution in [1.29, 1.82) is 0 Å². The molecule has 0 aliphatic carbocycles. The van der Waals surface area contributed by atoms with Gasteiger partial charge in [-0.15, -0.1) is 13.2 Å². The standard InChI is InChI=1S/C28H43N3O7/c1-5-8-16-37-26(35)22-21-24(33)31(20(4)19-32)23(28(21)10-9-27(22,7-3)38-28)25(34)30(11-6-2)13-12-29-14-17-36-18-15-29/h5-6,20-23,32H,1-2,7-19H2,3-4H3/t20-,21+,22-,23?,27+,28?/m1/s1. The molecule has 1 N–H and O–H groups in total. The summed E-state index contributed by atoms with van der Waals surface area (Å²) in [7, 11) is 0. The zero-order valence-electron chi connectivity index (χ0n) is 22.8. The number of esters is 1. The number of likely N-dealkylation sites (tertiary alicyclic amines) is 1. The van der Waals surface area contributed by atoms with Gasteiger partial charge in [0.1, 0.15) is 17.6 Å². The summed E-state index contributed by atoms with van der Waals surface area (Å²) in [6.07, 6.45) is 5.45. The first kappa shape index (κ1) is 28.7. The Kier molecular flexibility index (Phi) is 8.96. The van der Waals surface area contributed by atoms with Crippen LogP contribution in [0, 0.1) is 11.8 Å². The Labute approximate surface area is 225 Å². The van der Waals surface area contributed by atoms with Gasteiger partial charge in [-0.25, -0.2) is 0 Å². The van der Waals surface area contributed by atoms with Crippen LogP contribution in [0.3, 0.4) is 0 Å². The topological polar surface area (TPSA) is 109 Å². The van der Waals surface area contributed by atoms with Crippen LogP contribution in [0.5, 0.6) is 0 Å². The van der Waals surface area contributed by atoms with Crippen LogP contribution < -0.4 is 0 Å². The second kappa shape index (κ2) is 11.9. The van der Waals surface area contributed by atoms with Crippen molar-refractivity contribution < 1.29 is 33.7 Å². The highest BCUT2D eigenvalue weighted by atomic mass is 16.6. The van der Waals surface area contributed by atoms with Gasteiger partial charge in [-0.1, -0.05) is 19.1 Å². The monoisotopic (exact) mass is 533 g/mol. The van der Waals surface area contributed by atoms with Gasteiger partial charge in [0.25, 0.3) is 0 Å². The summed E-state index contributed by atoms with van der Waals surface area (Å²) in [6.45, 7) is 15.5. The smallest absolute Gasteiger partial charge is 0.312 e. The van der Waals surface area contributed by atoms with E-state index in [2.05, 4.69) is 18.1 Å². The lowest BCUT2D eigenvalue weighted by Crippen LogP contribution is -2.59. The fourth-order valence-electron chi connectivity index (χ4n) is 6.90. The molecule has 10 heteroatoms. The summed E-state index contributed by atoms with van der Waals surface area (Å²) in [4.78, 5) is 47.3. The highest BCUT2D eigenvalue weighted by molar-refractivity contribution is 5.98. The molecule has 1 spiro atoms. The molecule has 4 aliphatic heterocycles. The van der Waals surface area contributed by atoms with Crippen LogP contribution in [0.2, 0.25) is 0 Å². The van der Waals surface area contributed by atoms with Gasteiger partial charge in [0, 0.05) is 32.7 Å². The molecule has 212 valence electrons. The number of rotatable bonds is 13. The van der Waals surface area contributed by atoms with Gasteiger partial charge in [-0.05, 0) is 32.6 Å². The van der Waals surface area contributed by atoms with Crippen LogP contribution in [0.15, 0.2) is 25.3 Å².